The average molecular weight is 465 g/mol. The van der Waals surface area contributed by atoms with Gasteiger partial charge in [0.25, 0.3) is 5.91 Å². The lowest BCUT2D eigenvalue weighted by molar-refractivity contribution is -0.120. The SMILES string of the molecule is C=CC.CC(C)C[C@@H](C)CC(N)=O.O=CNC1N=C(c2ccccc2)c2ccccc2NC1=O. The number of hydrogen-bond donors (Lipinski definition) is 3. The van der Waals surface area contributed by atoms with Crippen molar-refractivity contribution in [2.75, 3.05) is 5.32 Å². The van der Waals surface area contributed by atoms with Gasteiger partial charge in [-0.25, -0.2) is 4.99 Å². The van der Waals surface area contributed by atoms with Crippen LogP contribution >= 0.6 is 0 Å². The van der Waals surface area contributed by atoms with Gasteiger partial charge in [-0.05, 0) is 31.2 Å². The van der Waals surface area contributed by atoms with E-state index < -0.39 is 6.17 Å². The first-order valence-electron chi connectivity index (χ1n) is 11.3. The van der Waals surface area contributed by atoms with Crippen LogP contribution in [0.5, 0.6) is 0 Å². The second kappa shape index (κ2) is 15.2. The molecule has 34 heavy (non-hydrogen) atoms. The minimum atomic E-state index is -0.940. The number of carbonyl (C=O) groups is 3. The zero-order valence-corrected chi connectivity index (χ0v) is 20.5. The van der Waals surface area contributed by atoms with Gasteiger partial charge in [-0.15, -0.1) is 6.58 Å². The van der Waals surface area contributed by atoms with E-state index in [1.807, 2.05) is 61.5 Å². The van der Waals surface area contributed by atoms with Crippen molar-refractivity contribution in [2.24, 2.45) is 22.6 Å². The molecule has 182 valence electrons. The summed E-state index contributed by atoms with van der Waals surface area (Å²) in [6, 6.07) is 17.0. The zero-order chi connectivity index (χ0) is 25.5. The van der Waals surface area contributed by atoms with E-state index in [2.05, 4.69) is 43.0 Å². The first-order chi connectivity index (χ1) is 16.2. The van der Waals surface area contributed by atoms with E-state index in [9.17, 15) is 14.4 Å². The third-order valence-electron chi connectivity index (χ3n) is 4.64. The van der Waals surface area contributed by atoms with Crippen molar-refractivity contribution in [1.29, 1.82) is 0 Å². The number of carbonyl (C=O) groups excluding carboxylic acids is 3. The number of hydrogen-bond acceptors (Lipinski definition) is 4. The van der Waals surface area contributed by atoms with E-state index >= 15 is 0 Å². The van der Waals surface area contributed by atoms with Gasteiger partial charge < -0.3 is 16.4 Å². The van der Waals surface area contributed by atoms with E-state index in [-0.39, 0.29) is 11.8 Å². The number of nitrogens with zero attached hydrogens (tertiary/aromatic N) is 1. The second-order valence-corrected chi connectivity index (χ2v) is 8.38. The number of amides is 3. The van der Waals surface area contributed by atoms with Gasteiger partial charge in [-0.2, -0.15) is 0 Å². The first kappa shape index (κ1) is 28.3. The Kier molecular flexibility index (Phi) is 12.6. The highest BCUT2D eigenvalue weighted by Gasteiger charge is 2.24. The Morgan fingerprint density at radius 1 is 1.15 bits per heavy atom. The maximum atomic E-state index is 12.1. The number of anilines is 1. The van der Waals surface area contributed by atoms with Crippen molar-refractivity contribution in [1.82, 2.24) is 5.32 Å². The molecule has 0 radical (unpaired) electrons. The standard InChI is InChI=1S/C16H13N3O2.C8H17NO.C3H6/c20-10-17-15-16(21)18-13-9-5-4-8-12(13)14(19-15)11-6-2-1-3-7-11;1-6(2)4-7(3)5-8(9)10;1-3-2/h1-10,15H,(H,17,20)(H,18,21);6-7H,4-5H2,1-3H3,(H2,9,10);3H,1H2,2H3/t;7-;/m.1./s1. The number of benzene rings is 2. The van der Waals surface area contributed by atoms with Gasteiger partial charge in [0.2, 0.25) is 18.5 Å². The Labute approximate surface area is 202 Å². The maximum Gasteiger partial charge on any atom is 0.269 e. The van der Waals surface area contributed by atoms with Crippen LogP contribution in [0.2, 0.25) is 0 Å². The predicted octanol–water partition coefficient (Wildman–Crippen LogP) is 4.28. The minimum absolute atomic E-state index is 0.187. The molecule has 2 aromatic rings. The van der Waals surface area contributed by atoms with E-state index in [4.69, 9.17) is 5.73 Å². The molecular weight excluding hydrogens is 428 g/mol. The average Bonchev–Trinajstić information content (AvgIpc) is 2.91. The van der Waals surface area contributed by atoms with Crippen LogP contribution in [-0.4, -0.2) is 30.1 Å². The molecule has 0 aliphatic carbocycles. The minimum Gasteiger partial charge on any atom is -0.370 e. The van der Waals surface area contributed by atoms with Gasteiger partial charge in [0, 0.05) is 17.5 Å². The third kappa shape index (κ3) is 9.81. The number of primary amides is 1. The van der Waals surface area contributed by atoms with Gasteiger partial charge in [-0.3, -0.25) is 14.4 Å². The lowest BCUT2D eigenvalue weighted by Crippen LogP contribution is -2.37. The fraction of sp³-hybridized carbons (Fsp3) is 0.333. The Balaban J connectivity index is 0.000000375. The molecule has 3 rings (SSSR count). The van der Waals surface area contributed by atoms with Crippen LogP contribution in [0.1, 0.15) is 51.7 Å². The molecule has 4 N–H and O–H groups in total. The van der Waals surface area contributed by atoms with Crippen molar-refractivity contribution in [3.63, 3.8) is 0 Å². The molecule has 1 aliphatic rings. The fourth-order valence-corrected chi connectivity index (χ4v) is 3.49. The maximum absolute atomic E-state index is 12.1. The molecule has 0 spiro atoms. The van der Waals surface area contributed by atoms with Crippen LogP contribution in [0.4, 0.5) is 5.69 Å². The predicted molar refractivity (Wildman–Crippen MR) is 138 cm³/mol. The molecule has 7 heteroatoms. The molecule has 0 aromatic heterocycles. The van der Waals surface area contributed by atoms with Crippen LogP contribution in [0.3, 0.4) is 0 Å². The van der Waals surface area contributed by atoms with Crippen molar-refractivity contribution in [3.8, 4) is 0 Å². The lowest BCUT2D eigenvalue weighted by atomic mass is 9.96. The summed E-state index contributed by atoms with van der Waals surface area (Å²) >= 11 is 0. The number of allylic oxidation sites excluding steroid dienone is 1. The van der Waals surface area contributed by atoms with Crippen LogP contribution in [0.15, 0.2) is 72.2 Å². The number of fused-ring (bicyclic) bond motifs is 1. The summed E-state index contributed by atoms with van der Waals surface area (Å²) in [7, 11) is 0. The summed E-state index contributed by atoms with van der Waals surface area (Å²) in [6.07, 6.45) is 2.90. The smallest absolute Gasteiger partial charge is 0.269 e. The lowest BCUT2D eigenvalue weighted by Gasteiger charge is -2.10. The van der Waals surface area contributed by atoms with Crippen molar-refractivity contribution < 1.29 is 14.4 Å². The molecule has 1 heterocycles. The Bertz CT molecular complexity index is 971. The van der Waals surface area contributed by atoms with Gasteiger partial charge in [0.1, 0.15) is 0 Å². The van der Waals surface area contributed by atoms with Crippen molar-refractivity contribution in [3.05, 3.63) is 78.4 Å². The number of nitrogens with two attached hydrogens (primary N) is 1. The molecule has 0 saturated carbocycles. The van der Waals surface area contributed by atoms with Crippen molar-refractivity contribution >= 4 is 29.6 Å². The van der Waals surface area contributed by atoms with Crippen LogP contribution < -0.4 is 16.4 Å². The molecule has 0 fully saturated rings. The highest BCUT2D eigenvalue weighted by molar-refractivity contribution is 6.19. The molecule has 0 saturated heterocycles. The summed E-state index contributed by atoms with van der Waals surface area (Å²) in [4.78, 5) is 37.6. The quantitative estimate of drug-likeness (QED) is 0.420. The normalized spacial score (nSPS) is 14.9. The third-order valence-corrected chi connectivity index (χ3v) is 4.64. The summed E-state index contributed by atoms with van der Waals surface area (Å²) in [5, 5.41) is 5.21. The Morgan fingerprint density at radius 3 is 2.29 bits per heavy atom. The molecule has 3 amide bonds. The van der Waals surface area contributed by atoms with E-state index in [1.54, 1.807) is 6.08 Å². The largest absolute Gasteiger partial charge is 0.370 e. The molecule has 1 unspecified atom stereocenters. The highest BCUT2D eigenvalue weighted by Crippen LogP contribution is 2.23. The van der Waals surface area contributed by atoms with Gasteiger partial charge >= 0.3 is 0 Å². The number of aliphatic imine (C=N–C) groups is 1. The topological polar surface area (TPSA) is 114 Å². The molecule has 7 nitrogen and oxygen atoms in total. The molecule has 2 aromatic carbocycles. The number of benzodiazepines with no additional fused rings is 1. The summed E-state index contributed by atoms with van der Waals surface area (Å²) < 4.78 is 0. The monoisotopic (exact) mass is 464 g/mol. The first-order valence-corrected chi connectivity index (χ1v) is 11.3. The van der Waals surface area contributed by atoms with Gasteiger partial charge in [0.15, 0.2) is 0 Å². The summed E-state index contributed by atoms with van der Waals surface area (Å²) in [6.45, 7) is 11.6. The van der Waals surface area contributed by atoms with E-state index in [1.165, 1.54) is 0 Å². The molecule has 0 bridgehead atoms. The van der Waals surface area contributed by atoms with Crippen LogP contribution in [0.25, 0.3) is 0 Å². The van der Waals surface area contributed by atoms with Crippen LogP contribution in [-0.2, 0) is 14.4 Å². The van der Waals surface area contributed by atoms with Crippen LogP contribution in [0, 0.1) is 11.8 Å². The van der Waals surface area contributed by atoms with E-state index in [0.29, 0.717) is 36.1 Å². The van der Waals surface area contributed by atoms with Gasteiger partial charge in [-0.1, -0.05) is 75.4 Å². The Morgan fingerprint density at radius 2 is 1.74 bits per heavy atom. The number of nitrogens with one attached hydrogen (secondary N) is 2. The molecule has 1 aliphatic heterocycles. The van der Waals surface area contributed by atoms with Gasteiger partial charge in [0.05, 0.1) is 11.4 Å². The van der Waals surface area contributed by atoms with Crippen molar-refractivity contribution in [2.45, 2.75) is 46.7 Å². The molecule has 2 atom stereocenters. The van der Waals surface area contributed by atoms with E-state index in [0.717, 1.165) is 17.5 Å². The number of para-hydroxylation sites is 1. The molecular formula is C27H36N4O3. The second-order valence-electron chi connectivity index (χ2n) is 8.38. The summed E-state index contributed by atoms with van der Waals surface area (Å²) in [5.74, 6) is 0.556. The Hall–Kier alpha value is -3.74. The highest BCUT2D eigenvalue weighted by atomic mass is 16.2. The summed E-state index contributed by atoms with van der Waals surface area (Å²) in [5.41, 5.74) is 8.10. The zero-order valence-electron chi connectivity index (χ0n) is 20.5. The number of rotatable bonds is 7. The fourth-order valence-electron chi connectivity index (χ4n) is 3.49.